The van der Waals surface area contributed by atoms with E-state index in [0.717, 1.165) is 18.8 Å². The van der Waals surface area contributed by atoms with Crippen molar-refractivity contribution in [3.63, 3.8) is 0 Å². The van der Waals surface area contributed by atoms with Crippen LogP contribution in [0.25, 0.3) is 0 Å². The van der Waals surface area contributed by atoms with Crippen molar-refractivity contribution >= 4 is 22.6 Å². The second-order valence-corrected chi connectivity index (χ2v) is 4.54. The summed E-state index contributed by atoms with van der Waals surface area (Å²) in [5, 5.41) is -0.213. The number of alkyl halides is 1. The third kappa shape index (κ3) is 2.98. The molecule has 1 aromatic rings. The van der Waals surface area contributed by atoms with Gasteiger partial charge < -0.3 is 9.64 Å². The molecule has 0 spiro atoms. The molecule has 5 heteroatoms. The van der Waals surface area contributed by atoms with E-state index in [1.165, 1.54) is 0 Å². The summed E-state index contributed by atoms with van der Waals surface area (Å²) in [4.78, 5) is 13.9. The Labute approximate surface area is 104 Å². The fraction of sp³-hybridized carbons (Fsp3) is 0.417. The lowest BCUT2D eigenvalue weighted by molar-refractivity contribution is 0.108. The molecule has 0 amide bonds. The van der Waals surface area contributed by atoms with Gasteiger partial charge in [-0.2, -0.15) is 0 Å². The van der Waals surface area contributed by atoms with Crippen molar-refractivity contribution < 1.29 is 13.9 Å². The maximum atomic E-state index is 12.2. The van der Waals surface area contributed by atoms with Crippen LogP contribution in [0.1, 0.15) is 10.4 Å². The summed E-state index contributed by atoms with van der Waals surface area (Å²) in [6.07, 6.45) is 0. The highest BCUT2D eigenvalue weighted by atomic mass is 32.2. The molecule has 1 fully saturated rings. The number of halogens is 1. The van der Waals surface area contributed by atoms with Crippen LogP contribution in [0, 0.1) is 0 Å². The molecule has 1 saturated heterocycles. The Kier molecular flexibility index (Phi) is 4.39. The zero-order valence-corrected chi connectivity index (χ0v) is 10.2. The molecule has 17 heavy (non-hydrogen) atoms. The number of morpholine rings is 1. The van der Waals surface area contributed by atoms with Gasteiger partial charge in [-0.3, -0.25) is 4.79 Å². The number of anilines is 1. The molecule has 0 unspecified atom stereocenters. The van der Waals surface area contributed by atoms with Gasteiger partial charge in [0.1, 0.15) is 6.01 Å². The van der Waals surface area contributed by atoms with Crippen LogP contribution >= 0.6 is 11.8 Å². The topological polar surface area (TPSA) is 29.5 Å². The second kappa shape index (κ2) is 6.02. The Balaban J connectivity index is 2.23. The van der Waals surface area contributed by atoms with Crippen molar-refractivity contribution in [1.82, 2.24) is 0 Å². The summed E-state index contributed by atoms with van der Waals surface area (Å²) in [7, 11) is 0. The minimum Gasteiger partial charge on any atom is -0.378 e. The highest BCUT2D eigenvalue weighted by Crippen LogP contribution is 2.25. The summed E-state index contributed by atoms with van der Waals surface area (Å²) in [6.45, 7) is 2.87. The number of para-hydroxylation sites is 1. The Morgan fingerprint density at radius 1 is 1.35 bits per heavy atom. The van der Waals surface area contributed by atoms with Crippen LogP contribution in [0.4, 0.5) is 10.1 Å². The van der Waals surface area contributed by atoms with Crippen molar-refractivity contribution in [2.24, 2.45) is 0 Å². The van der Waals surface area contributed by atoms with Gasteiger partial charge in [-0.05, 0) is 23.9 Å². The first-order valence-electron chi connectivity index (χ1n) is 5.47. The summed E-state index contributed by atoms with van der Waals surface area (Å²) in [5.41, 5.74) is 1.46. The number of thioether (sulfide) groups is 1. The molecule has 92 valence electrons. The average molecular weight is 255 g/mol. The lowest BCUT2D eigenvalue weighted by Gasteiger charge is -2.30. The van der Waals surface area contributed by atoms with Crippen molar-refractivity contribution in [2.75, 3.05) is 37.2 Å². The lowest BCUT2D eigenvalue weighted by atomic mass is 10.1. The number of nitrogens with zero attached hydrogens (tertiary/aromatic N) is 1. The van der Waals surface area contributed by atoms with Gasteiger partial charge in [0.2, 0.25) is 5.12 Å². The zero-order chi connectivity index (χ0) is 12.1. The predicted molar refractivity (Wildman–Crippen MR) is 67.4 cm³/mol. The first-order chi connectivity index (χ1) is 8.33. The number of ether oxygens (including phenoxy) is 1. The third-order valence-corrected chi connectivity index (χ3v) is 3.25. The predicted octanol–water partition coefficient (Wildman–Crippen LogP) is 2.32. The van der Waals surface area contributed by atoms with Crippen molar-refractivity contribution in [3.05, 3.63) is 29.8 Å². The monoisotopic (exact) mass is 255 g/mol. The number of benzene rings is 1. The summed E-state index contributed by atoms with van der Waals surface area (Å²) in [5.74, 6) is 0. The maximum Gasteiger partial charge on any atom is 0.223 e. The van der Waals surface area contributed by atoms with Crippen molar-refractivity contribution in [3.8, 4) is 0 Å². The molecule has 1 aromatic carbocycles. The minimum absolute atomic E-state index is 0.213. The summed E-state index contributed by atoms with van der Waals surface area (Å²) < 4.78 is 17.5. The highest BCUT2D eigenvalue weighted by molar-refractivity contribution is 8.14. The molecule has 0 saturated carbocycles. The van der Waals surface area contributed by atoms with E-state index >= 15 is 0 Å². The van der Waals surface area contributed by atoms with Gasteiger partial charge in [0.05, 0.1) is 18.8 Å². The van der Waals surface area contributed by atoms with Gasteiger partial charge in [-0.1, -0.05) is 12.1 Å². The first-order valence-corrected chi connectivity index (χ1v) is 6.46. The van der Waals surface area contributed by atoms with Crippen LogP contribution in [0.3, 0.4) is 0 Å². The number of hydrogen-bond acceptors (Lipinski definition) is 4. The van der Waals surface area contributed by atoms with Crippen molar-refractivity contribution in [2.45, 2.75) is 0 Å². The van der Waals surface area contributed by atoms with Crippen LogP contribution in [-0.4, -0.2) is 37.4 Å². The average Bonchev–Trinajstić information content (AvgIpc) is 2.40. The van der Waals surface area contributed by atoms with Crippen LogP contribution in [0.15, 0.2) is 24.3 Å². The number of rotatable bonds is 3. The molecule has 1 aliphatic heterocycles. The third-order valence-electron chi connectivity index (χ3n) is 2.66. The fourth-order valence-electron chi connectivity index (χ4n) is 1.85. The molecule has 1 aliphatic rings. The normalized spacial score (nSPS) is 15.9. The van der Waals surface area contributed by atoms with Gasteiger partial charge in [-0.25, -0.2) is 4.39 Å². The van der Waals surface area contributed by atoms with E-state index in [1.807, 2.05) is 12.1 Å². The molecule has 1 heterocycles. The molecule has 0 aliphatic carbocycles. The van der Waals surface area contributed by atoms with Crippen LogP contribution in [0.5, 0.6) is 0 Å². The zero-order valence-electron chi connectivity index (χ0n) is 9.39. The van der Waals surface area contributed by atoms with Gasteiger partial charge in [0.15, 0.2) is 0 Å². The highest BCUT2D eigenvalue weighted by Gasteiger charge is 2.18. The van der Waals surface area contributed by atoms with Gasteiger partial charge in [-0.15, -0.1) is 0 Å². The number of hydrogen-bond donors (Lipinski definition) is 0. The van der Waals surface area contributed by atoms with E-state index in [9.17, 15) is 9.18 Å². The van der Waals surface area contributed by atoms with E-state index in [1.54, 1.807) is 12.1 Å². The summed E-state index contributed by atoms with van der Waals surface area (Å²) in [6, 6.07) is 6.65. The van der Waals surface area contributed by atoms with E-state index in [4.69, 9.17) is 4.74 Å². The van der Waals surface area contributed by atoms with Gasteiger partial charge in [0.25, 0.3) is 0 Å². The smallest absolute Gasteiger partial charge is 0.223 e. The van der Waals surface area contributed by atoms with Gasteiger partial charge >= 0.3 is 0 Å². The Hall–Kier alpha value is -1.07. The largest absolute Gasteiger partial charge is 0.378 e. The van der Waals surface area contributed by atoms with Crippen molar-refractivity contribution in [1.29, 1.82) is 0 Å². The number of carbonyl (C=O) groups excluding carboxylic acids is 1. The Bertz CT molecular complexity index is 394. The Morgan fingerprint density at radius 3 is 2.76 bits per heavy atom. The SMILES string of the molecule is O=C(SCF)c1ccccc1N1CCOCC1. The standard InChI is InChI=1S/C12H14FNO2S/c13-9-17-12(15)10-3-1-2-4-11(10)14-5-7-16-8-6-14/h1-4H,5-9H2. The molecule has 3 nitrogen and oxygen atoms in total. The molecular formula is C12H14FNO2S. The first kappa shape index (κ1) is 12.4. The fourth-order valence-corrected chi connectivity index (χ4v) is 2.28. The molecule has 0 radical (unpaired) electrons. The van der Waals surface area contributed by atoms with E-state index in [2.05, 4.69) is 4.90 Å². The van der Waals surface area contributed by atoms with Gasteiger partial charge in [0, 0.05) is 18.8 Å². The van der Waals surface area contributed by atoms with E-state index in [0.29, 0.717) is 30.5 Å². The van der Waals surface area contributed by atoms with Crippen LogP contribution < -0.4 is 4.90 Å². The van der Waals surface area contributed by atoms with E-state index in [-0.39, 0.29) is 5.12 Å². The lowest BCUT2D eigenvalue weighted by Crippen LogP contribution is -2.37. The Morgan fingerprint density at radius 2 is 2.06 bits per heavy atom. The van der Waals surface area contributed by atoms with Crippen LogP contribution in [-0.2, 0) is 4.74 Å². The van der Waals surface area contributed by atoms with Crippen LogP contribution in [0.2, 0.25) is 0 Å². The molecule has 0 N–H and O–H groups in total. The minimum atomic E-state index is -0.684. The van der Waals surface area contributed by atoms with E-state index < -0.39 is 6.01 Å². The molecule has 0 bridgehead atoms. The molecule has 2 rings (SSSR count). The molecule has 0 atom stereocenters. The second-order valence-electron chi connectivity index (χ2n) is 3.66. The summed E-state index contributed by atoms with van der Waals surface area (Å²) >= 11 is 0.699. The maximum absolute atomic E-state index is 12.2. The number of carbonyl (C=O) groups is 1. The quantitative estimate of drug-likeness (QED) is 0.829. The molecular weight excluding hydrogens is 241 g/mol. The molecule has 0 aromatic heterocycles.